The zero-order chi connectivity index (χ0) is 29.2. The highest BCUT2D eigenvalue weighted by atomic mass is 16.6. The third kappa shape index (κ3) is 3.14. The molecule has 5 heterocycles. The van der Waals surface area contributed by atoms with Crippen molar-refractivity contribution in [2.24, 2.45) is 0 Å². The minimum atomic E-state index is -0.980. The summed E-state index contributed by atoms with van der Waals surface area (Å²) in [4.78, 5) is 29.2. The molecule has 8 nitrogen and oxygen atoms in total. The lowest BCUT2D eigenvalue weighted by Gasteiger charge is -2.50. The second-order valence-electron chi connectivity index (χ2n) is 12.1. The molecule has 0 aliphatic carbocycles. The van der Waals surface area contributed by atoms with Crippen LogP contribution in [0.1, 0.15) is 53.3 Å². The fraction of sp³-hybridized carbons (Fsp3) is 0.278. The maximum atomic E-state index is 13.9. The molecule has 4 atom stereocenters. The van der Waals surface area contributed by atoms with E-state index in [2.05, 4.69) is 45.6 Å². The van der Waals surface area contributed by atoms with Gasteiger partial charge in [0.05, 0.1) is 33.7 Å². The van der Waals surface area contributed by atoms with Gasteiger partial charge in [-0.15, -0.1) is 0 Å². The predicted molar refractivity (Wildman–Crippen MR) is 172 cm³/mol. The lowest BCUT2D eigenvalue weighted by Crippen LogP contribution is -2.61. The van der Waals surface area contributed by atoms with Gasteiger partial charge in [-0.1, -0.05) is 62.0 Å². The van der Waals surface area contributed by atoms with E-state index in [1.807, 2.05) is 66.5 Å². The Morgan fingerprint density at radius 2 is 1.61 bits per heavy atom. The van der Waals surface area contributed by atoms with Gasteiger partial charge in [-0.25, -0.2) is 0 Å². The van der Waals surface area contributed by atoms with E-state index in [1.54, 1.807) is 7.11 Å². The third-order valence-corrected chi connectivity index (χ3v) is 10.0. The van der Waals surface area contributed by atoms with Crippen molar-refractivity contribution in [3.8, 4) is 0 Å². The molecule has 1 N–H and O–H groups in total. The van der Waals surface area contributed by atoms with E-state index in [-0.39, 0.29) is 25.3 Å². The molecule has 0 radical (unpaired) electrons. The van der Waals surface area contributed by atoms with E-state index in [0.29, 0.717) is 18.5 Å². The molecule has 3 aliphatic heterocycles. The molecule has 3 aliphatic rings. The first-order valence-electron chi connectivity index (χ1n) is 14.8. The molecule has 44 heavy (non-hydrogen) atoms. The van der Waals surface area contributed by atoms with Gasteiger partial charge in [0.1, 0.15) is 12.3 Å². The van der Waals surface area contributed by atoms with Crippen LogP contribution in [0.25, 0.3) is 43.6 Å². The number of nitrogens with one attached hydrogen (secondary N) is 1. The van der Waals surface area contributed by atoms with Gasteiger partial charge < -0.3 is 28.8 Å². The van der Waals surface area contributed by atoms with Crippen molar-refractivity contribution in [3.05, 3.63) is 95.6 Å². The van der Waals surface area contributed by atoms with Crippen LogP contribution in [-0.4, -0.2) is 52.2 Å². The fourth-order valence-corrected chi connectivity index (χ4v) is 8.33. The highest BCUT2D eigenvalue weighted by Crippen LogP contribution is 2.54. The number of aromatic nitrogens is 2. The van der Waals surface area contributed by atoms with Crippen molar-refractivity contribution in [3.63, 3.8) is 0 Å². The van der Waals surface area contributed by atoms with Crippen LogP contribution in [0.4, 0.5) is 0 Å². The molecule has 6 aromatic rings. The number of likely N-dealkylation sites (N-methyl/N-ethyl adjacent to an activating group) is 1. The van der Waals surface area contributed by atoms with Crippen LogP contribution in [0.3, 0.4) is 0 Å². The summed E-state index contributed by atoms with van der Waals surface area (Å²) in [5.74, 6) is -0.107. The van der Waals surface area contributed by atoms with Crippen LogP contribution < -0.4 is 5.32 Å². The number of carbonyl (C=O) groups excluding carboxylic acids is 2. The summed E-state index contributed by atoms with van der Waals surface area (Å²) in [5.41, 5.74) is 5.46. The number of para-hydroxylation sites is 2. The number of hydrogen-bond donors (Lipinski definition) is 1. The summed E-state index contributed by atoms with van der Waals surface area (Å²) in [6, 6.07) is 25.7. The number of fused-ring (bicyclic) bond motifs is 13. The first-order valence-corrected chi connectivity index (χ1v) is 14.8. The zero-order valence-electron chi connectivity index (χ0n) is 24.1. The quantitative estimate of drug-likeness (QED) is 0.255. The van der Waals surface area contributed by atoms with E-state index in [4.69, 9.17) is 9.47 Å². The maximum absolute atomic E-state index is 13.9. The van der Waals surface area contributed by atoms with E-state index >= 15 is 0 Å². The second-order valence-corrected chi connectivity index (χ2v) is 12.1. The molecule has 8 heteroatoms. The average Bonchev–Trinajstić information content (AvgIpc) is 3.68. The van der Waals surface area contributed by atoms with Crippen molar-refractivity contribution < 1.29 is 19.1 Å². The van der Waals surface area contributed by atoms with E-state index < -0.39 is 18.1 Å². The fourth-order valence-electron chi connectivity index (χ4n) is 8.33. The molecule has 222 valence electrons. The van der Waals surface area contributed by atoms with Crippen LogP contribution in [0.5, 0.6) is 0 Å². The van der Waals surface area contributed by atoms with Gasteiger partial charge in [0.25, 0.3) is 11.8 Å². The van der Waals surface area contributed by atoms with Crippen LogP contribution in [-0.2, 0) is 21.7 Å². The zero-order valence-corrected chi connectivity index (χ0v) is 24.1. The minimum absolute atomic E-state index is 0. The Morgan fingerprint density at radius 1 is 0.955 bits per heavy atom. The Balaban J connectivity index is 0.00000289. The summed E-state index contributed by atoms with van der Waals surface area (Å²) in [6.07, 6.45) is -0.386. The number of benzene rings is 4. The second kappa shape index (κ2) is 9.17. The molecular formula is C36H34N4O4. The Hall–Kier alpha value is -4.66. The number of rotatable bonds is 3. The van der Waals surface area contributed by atoms with Gasteiger partial charge in [0.2, 0.25) is 0 Å². The van der Waals surface area contributed by atoms with Crippen LogP contribution in [0, 0.1) is 0 Å². The molecule has 1 saturated heterocycles. The lowest BCUT2D eigenvalue weighted by atomic mass is 9.91. The Kier molecular flexibility index (Phi) is 5.61. The van der Waals surface area contributed by atoms with E-state index in [9.17, 15) is 9.59 Å². The summed E-state index contributed by atoms with van der Waals surface area (Å²) >= 11 is 0. The van der Waals surface area contributed by atoms with Gasteiger partial charge in [-0.3, -0.25) is 9.59 Å². The van der Waals surface area contributed by atoms with Crippen molar-refractivity contribution >= 4 is 55.4 Å². The predicted octanol–water partition coefficient (Wildman–Crippen LogP) is 6.54. The van der Waals surface area contributed by atoms with Crippen molar-refractivity contribution in [1.29, 1.82) is 0 Å². The standard InChI is InChI=1S/C35H30N4O4.CH4/c1-35-32(42-3)25(37(2)34(41)19-11-5-4-6-12-19)17-26(43-35)38-23-15-9-7-13-20(23)28-29-22(18-36-33(29)40)27-21-14-8-10-16-24(21)39(35)31(27)30(28)38;/h4-16,25-26,32H,17-18H2,1-3H3,(H,36,40);1H4/t25-,26-,32-,35+;/m1./s1. The maximum Gasteiger partial charge on any atom is 0.253 e. The lowest BCUT2D eigenvalue weighted by molar-refractivity contribution is -0.264. The summed E-state index contributed by atoms with van der Waals surface area (Å²) in [5, 5.41) is 7.24. The molecule has 1 fully saturated rings. The molecule has 0 saturated carbocycles. The van der Waals surface area contributed by atoms with Crippen molar-refractivity contribution in [2.45, 2.75) is 51.4 Å². The topological polar surface area (TPSA) is 77.7 Å². The minimum Gasteiger partial charge on any atom is -0.374 e. The number of nitrogens with zero attached hydrogens (tertiary/aromatic N) is 3. The van der Waals surface area contributed by atoms with Gasteiger partial charge in [-0.05, 0) is 36.8 Å². The molecule has 2 bridgehead atoms. The Morgan fingerprint density at radius 3 is 2.34 bits per heavy atom. The van der Waals surface area contributed by atoms with Crippen molar-refractivity contribution in [2.75, 3.05) is 14.2 Å². The summed E-state index contributed by atoms with van der Waals surface area (Å²) in [7, 11) is 3.57. The van der Waals surface area contributed by atoms with Gasteiger partial charge in [-0.2, -0.15) is 0 Å². The summed E-state index contributed by atoms with van der Waals surface area (Å²) < 4.78 is 18.1. The van der Waals surface area contributed by atoms with Crippen molar-refractivity contribution in [1.82, 2.24) is 19.4 Å². The summed E-state index contributed by atoms with van der Waals surface area (Å²) in [6.45, 7) is 2.56. The number of methoxy groups -OCH3 is 1. The normalized spacial score (nSPS) is 23.6. The molecule has 0 unspecified atom stereocenters. The van der Waals surface area contributed by atoms with E-state index in [0.717, 1.165) is 54.7 Å². The van der Waals surface area contributed by atoms with Gasteiger partial charge >= 0.3 is 0 Å². The molecule has 0 spiro atoms. The molecule has 4 aromatic carbocycles. The highest BCUT2D eigenvalue weighted by molar-refractivity contribution is 6.31. The SMILES string of the molecule is C.CO[C@@H]1[C@H](N(C)C(=O)c2ccccc2)C[C@H]2O[C@]1(C)n1c3ccccc3c3c4c(c5c6ccccc6n2c5c31)C(=O)NC4. The Labute approximate surface area is 254 Å². The third-order valence-electron chi connectivity index (χ3n) is 10.0. The number of amides is 2. The van der Waals surface area contributed by atoms with Gasteiger partial charge in [0, 0.05) is 54.2 Å². The van der Waals surface area contributed by atoms with E-state index in [1.165, 1.54) is 0 Å². The highest BCUT2D eigenvalue weighted by Gasteiger charge is 2.55. The number of hydrogen-bond acceptors (Lipinski definition) is 4. The molecule has 2 aromatic heterocycles. The monoisotopic (exact) mass is 586 g/mol. The smallest absolute Gasteiger partial charge is 0.253 e. The van der Waals surface area contributed by atoms with Crippen LogP contribution in [0.15, 0.2) is 78.9 Å². The average molecular weight is 587 g/mol. The van der Waals surface area contributed by atoms with Gasteiger partial charge in [0.15, 0.2) is 5.72 Å². The molecule has 9 rings (SSSR count). The first kappa shape index (κ1) is 26.9. The largest absolute Gasteiger partial charge is 0.374 e. The number of carbonyl (C=O) groups is 2. The van der Waals surface area contributed by atoms with Crippen LogP contribution >= 0.6 is 0 Å². The van der Waals surface area contributed by atoms with Crippen LogP contribution in [0.2, 0.25) is 0 Å². The molecular weight excluding hydrogens is 552 g/mol. The Bertz CT molecular complexity index is 2180. The first-order chi connectivity index (χ1) is 20.9. The molecule has 2 amide bonds. The number of ether oxygens (including phenoxy) is 2.